The first-order chi connectivity index (χ1) is 5.78. The lowest BCUT2D eigenvalue weighted by molar-refractivity contribution is -0.118. The first-order valence-corrected chi connectivity index (χ1v) is 3.83. The Labute approximate surface area is 76.8 Å². The minimum absolute atomic E-state index is 0.456. The summed E-state index contributed by atoms with van der Waals surface area (Å²) in [5.74, 6) is -1.23. The molecule has 0 aliphatic heterocycles. The van der Waals surface area contributed by atoms with Crippen LogP contribution in [0, 0.1) is 0 Å². The van der Waals surface area contributed by atoms with Crippen molar-refractivity contribution >= 4 is 17.4 Å². The van der Waals surface area contributed by atoms with E-state index in [4.69, 9.17) is 5.21 Å². The summed E-state index contributed by atoms with van der Waals surface area (Å²) in [4.78, 5) is 22.0. The summed E-state index contributed by atoms with van der Waals surface area (Å²) in [6, 6.07) is 0. The van der Waals surface area contributed by atoms with E-state index in [1.54, 1.807) is 20.8 Å². The van der Waals surface area contributed by atoms with Crippen LogP contribution in [0.25, 0.3) is 0 Å². The van der Waals surface area contributed by atoms with Crippen LogP contribution in [0.4, 0.5) is 0 Å². The Kier molecular flexibility index (Phi) is 3.59. The van der Waals surface area contributed by atoms with Crippen LogP contribution < -0.4 is 5.32 Å². The Balaban J connectivity index is 4.52. The van der Waals surface area contributed by atoms with E-state index in [2.05, 4.69) is 10.5 Å². The number of carbonyl (C=O) groups is 2. The largest absolute Gasteiger partial charge is 0.410 e. The van der Waals surface area contributed by atoms with Crippen molar-refractivity contribution < 1.29 is 14.8 Å². The lowest BCUT2D eigenvalue weighted by Gasteiger charge is -2.19. The molecule has 0 spiro atoms. The van der Waals surface area contributed by atoms with Crippen LogP contribution in [0.5, 0.6) is 0 Å². The third-order valence-electron chi connectivity index (χ3n) is 1.14. The van der Waals surface area contributed by atoms with Gasteiger partial charge in [-0.2, -0.15) is 0 Å². The lowest BCUT2D eigenvalue weighted by atomic mass is 10.1. The molecule has 0 saturated heterocycles. The van der Waals surface area contributed by atoms with Gasteiger partial charge in [0.1, 0.15) is 0 Å². The molecule has 0 heterocycles. The zero-order chi connectivity index (χ0) is 10.6. The maximum atomic E-state index is 11.2. The second-order valence-electron chi connectivity index (χ2n) is 3.71. The van der Waals surface area contributed by atoms with Crippen LogP contribution in [0.1, 0.15) is 27.7 Å². The highest BCUT2D eigenvalue weighted by Gasteiger charge is 2.21. The molecule has 13 heavy (non-hydrogen) atoms. The number of hydrogen-bond donors (Lipinski definition) is 2. The summed E-state index contributed by atoms with van der Waals surface area (Å²) >= 11 is 0. The predicted octanol–water partition coefficient (Wildman–Crippen LogP) is 0.320. The molecule has 0 saturated carbocycles. The number of amides is 1. The Bertz CT molecular complexity index is 251. The van der Waals surface area contributed by atoms with E-state index in [0.717, 1.165) is 6.92 Å². The van der Waals surface area contributed by atoms with Gasteiger partial charge in [-0.25, -0.2) is 0 Å². The van der Waals surface area contributed by atoms with Gasteiger partial charge in [-0.05, 0) is 20.8 Å². The summed E-state index contributed by atoms with van der Waals surface area (Å²) in [5.41, 5.74) is -0.933. The number of carbonyl (C=O) groups excluding carboxylic acids is 2. The quantitative estimate of drug-likeness (QED) is 0.282. The molecule has 0 unspecified atom stereocenters. The number of rotatable bonds is 2. The molecule has 5 nitrogen and oxygen atoms in total. The van der Waals surface area contributed by atoms with Gasteiger partial charge in [0.15, 0.2) is 5.78 Å². The molecule has 5 heteroatoms. The third kappa shape index (κ3) is 4.25. The SMILES string of the molecule is CC(=O)/C(=N\O)C(=O)NC(C)(C)C. The van der Waals surface area contributed by atoms with Crippen LogP contribution in [-0.4, -0.2) is 28.1 Å². The summed E-state index contributed by atoms with van der Waals surface area (Å²) in [6.45, 7) is 6.46. The van der Waals surface area contributed by atoms with Gasteiger partial charge in [0.25, 0.3) is 5.91 Å². The maximum Gasteiger partial charge on any atom is 0.277 e. The van der Waals surface area contributed by atoms with Gasteiger partial charge in [0.2, 0.25) is 5.71 Å². The zero-order valence-corrected chi connectivity index (χ0v) is 8.21. The van der Waals surface area contributed by atoms with Crippen LogP contribution in [0.3, 0.4) is 0 Å². The first-order valence-electron chi connectivity index (χ1n) is 3.83. The molecule has 0 aromatic rings. The Hall–Kier alpha value is -1.39. The van der Waals surface area contributed by atoms with Crippen molar-refractivity contribution in [1.82, 2.24) is 5.32 Å². The Morgan fingerprint density at radius 3 is 2.00 bits per heavy atom. The molecular formula is C8H14N2O3. The average molecular weight is 186 g/mol. The first kappa shape index (κ1) is 11.6. The van der Waals surface area contributed by atoms with Crippen molar-refractivity contribution in [3.05, 3.63) is 0 Å². The molecule has 0 bridgehead atoms. The molecule has 0 radical (unpaired) electrons. The average Bonchev–Trinajstić information content (AvgIpc) is 1.82. The minimum Gasteiger partial charge on any atom is -0.410 e. The van der Waals surface area contributed by atoms with Crippen LogP contribution >= 0.6 is 0 Å². The van der Waals surface area contributed by atoms with Gasteiger partial charge in [0, 0.05) is 12.5 Å². The van der Waals surface area contributed by atoms with Crippen molar-refractivity contribution in [2.45, 2.75) is 33.2 Å². The van der Waals surface area contributed by atoms with Gasteiger partial charge in [-0.15, -0.1) is 0 Å². The molecule has 0 atom stereocenters. The fourth-order valence-corrected chi connectivity index (χ4v) is 0.675. The predicted molar refractivity (Wildman–Crippen MR) is 47.8 cm³/mol. The number of ketones is 1. The second-order valence-corrected chi connectivity index (χ2v) is 3.71. The van der Waals surface area contributed by atoms with Crippen molar-refractivity contribution in [3.8, 4) is 0 Å². The monoisotopic (exact) mass is 186 g/mol. The van der Waals surface area contributed by atoms with E-state index in [9.17, 15) is 9.59 Å². The van der Waals surface area contributed by atoms with Crippen molar-refractivity contribution in [2.75, 3.05) is 0 Å². The topological polar surface area (TPSA) is 78.8 Å². The van der Waals surface area contributed by atoms with Crippen molar-refractivity contribution in [3.63, 3.8) is 0 Å². The molecule has 1 amide bonds. The van der Waals surface area contributed by atoms with Gasteiger partial charge >= 0.3 is 0 Å². The summed E-state index contributed by atoms with van der Waals surface area (Å²) in [5, 5.41) is 13.5. The zero-order valence-electron chi connectivity index (χ0n) is 8.21. The number of nitrogens with one attached hydrogen (secondary N) is 1. The number of oxime groups is 1. The molecule has 0 rings (SSSR count). The van der Waals surface area contributed by atoms with E-state index in [1.165, 1.54) is 0 Å². The molecule has 0 aliphatic rings. The lowest BCUT2D eigenvalue weighted by Crippen LogP contribution is -2.45. The summed E-state index contributed by atoms with van der Waals surface area (Å²) < 4.78 is 0. The Morgan fingerprint density at radius 1 is 1.31 bits per heavy atom. The number of nitrogens with zero attached hydrogens (tertiary/aromatic N) is 1. The second kappa shape index (κ2) is 4.02. The highest BCUT2D eigenvalue weighted by Crippen LogP contribution is 1.98. The van der Waals surface area contributed by atoms with Gasteiger partial charge < -0.3 is 10.5 Å². The number of Topliss-reactive ketones (excluding diaryl/α,β-unsaturated/α-hetero) is 1. The number of hydrogen-bond acceptors (Lipinski definition) is 4. The maximum absolute atomic E-state index is 11.2. The standard InChI is InChI=1S/C8H14N2O3/c1-5(11)6(10-13)7(12)9-8(2,3)4/h13H,1-4H3,(H,9,12)/b10-6+. The third-order valence-corrected chi connectivity index (χ3v) is 1.14. The van der Waals surface area contributed by atoms with E-state index >= 15 is 0 Å². The van der Waals surface area contributed by atoms with Crippen molar-refractivity contribution in [1.29, 1.82) is 0 Å². The fourth-order valence-electron chi connectivity index (χ4n) is 0.675. The van der Waals surface area contributed by atoms with E-state index in [1.807, 2.05) is 0 Å². The summed E-state index contributed by atoms with van der Waals surface area (Å²) in [7, 11) is 0. The van der Waals surface area contributed by atoms with Gasteiger partial charge in [-0.3, -0.25) is 9.59 Å². The van der Waals surface area contributed by atoms with Crippen LogP contribution in [-0.2, 0) is 9.59 Å². The van der Waals surface area contributed by atoms with E-state index < -0.39 is 22.9 Å². The minimum atomic E-state index is -0.664. The molecule has 74 valence electrons. The highest BCUT2D eigenvalue weighted by atomic mass is 16.4. The van der Waals surface area contributed by atoms with Gasteiger partial charge in [0.05, 0.1) is 0 Å². The van der Waals surface area contributed by atoms with Crippen molar-refractivity contribution in [2.24, 2.45) is 5.16 Å². The molecule has 0 fully saturated rings. The summed E-state index contributed by atoms with van der Waals surface area (Å²) in [6.07, 6.45) is 0. The van der Waals surface area contributed by atoms with Crippen LogP contribution in [0.15, 0.2) is 5.16 Å². The molecular weight excluding hydrogens is 172 g/mol. The fraction of sp³-hybridized carbons (Fsp3) is 0.625. The van der Waals surface area contributed by atoms with E-state index in [0.29, 0.717) is 0 Å². The van der Waals surface area contributed by atoms with E-state index in [-0.39, 0.29) is 0 Å². The smallest absolute Gasteiger partial charge is 0.277 e. The molecule has 0 aliphatic carbocycles. The van der Waals surface area contributed by atoms with Crippen LogP contribution in [0.2, 0.25) is 0 Å². The normalized spacial score (nSPS) is 12.5. The molecule has 2 N–H and O–H groups in total. The molecule has 0 aromatic heterocycles. The Morgan fingerprint density at radius 2 is 1.77 bits per heavy atom. The highest BCUT2D eigenvalue weighted by molar-refractivity contribution is 6.65. The van der Waals surface area contributed by atoms with Gasteiger partial charge in [-0.1, -0.05) is 5.16 Å². The molecule has 0 aromatic carbocycles.